The van der Waals surface area contributed by atoms with Crippen LogP contribution in [0.15, 0.2) is 59.1 Å². The third-order valence-corrected chi connectivity index (χ3v) is 5.87. The van der Waals surface area contributed by atoms with E-state index in [1.165, 1.54) is 0 Å². The zero-order valence-electron chi connectivity index (χ0n) is 17.5. The number of hydrogen-bond acceptors (Lipinski definition) is 5. The van der Waals surface area contributed by atoms with E-state index < -0.39 is 0 Å². The lowest BCUT2D eigenvalue weighted by molar-refractivity contribution is -0.140. The zero-order chi connectivity index (χ0) is 20.9. The molecule has 1 aliphatic carbocycles. The molecule has 0 aliphatic heterocycles. The average Bonchev–Trinajstić information content (AvgIpc) is 3.22. The minimum Gasteiger partial charge on any atom is -0.497 e. The summed E-state index contributed by atoms with van der Waals surface area (Å²) in [6, 6.07) is 17.7. The number of hydrogen-bond donors (Lipinski definition) is 0. The van der Waals surface area contributed by atoms with Crippen molar-refractivity contribution in [1.29, 1.82) is 0 Å². The van der Waals surface area contributed by atoms with Gasteiger partial charge in [-0.3, -0.25) is 4.79 Å². The number of amides is 1. The first kappa shape index (κ1) is 20.1. The molecule has 0 unspecified atom stereocenters. The summed E-state index contributed by atoms with van der Waals surface area (Å²) in [4.78, 5) is 19.6. The lowest BCUT2D eigenvalue weighted by Crippen LogP contribution is -2.41. The van der Waals surface area contributed by atoms with Crippen molar-refractivity contribution in [3.05, 3.63) is 66.1 Å². The Balaban J connectivity index is 1.46. The molecule has 156 valence electrons. The minimum atomic E-state index is 0.00304. The normalized spacial score (nSPS) is 14.7. The highest BCUT2D eigenvalue weighted by atomic mass is 16.5. The topological polar surface area (TPSA) is 68.5 Å². The fourth-order valence-electron chi connectivity index (χ4n) is 3.73. The highest BCUT2D eigenvalue weighted by molar-refractivity contribution is 5.80. The van der Waals surface area contributed by atoms with E-state index in [-0.39, 0.29) is 17.9 Å². The Morgan fingerprint density at radius 1 is 1.17 bits per heavy atom. The molecule has 1 aliphatic rings. The van der Waals surface area contributed by atoms with Crippen LogP contribution in [-0.2, 0) is 11.2 Å². The van der Waals surface area contributed by atoms with Crippen molar-refractivity contribution in [3.8, 4) is 17.1 Å². The molecule has 1 heterocycles. The van der Waals surface area contributed by atoms with Gasteiger partial charge in [0.15, 0.2) is 0 Å². The summed E-state index contributed by atoms with van der Waals surface area (Å²) in [5.41, 5.74) is 2.00. The monoisotopic (exact) mass is 405 g/mol. The third kappa shape index (κ3) is 4.37. The van der Waals surface area contributed by atoms with Gasteiger partial charge in [-0.1, -0.05) is 41.9 Å². The Morgan fingerprint density at radius 3 is 2.53 bits per heavy atom. The van der Waals surface area contributed by atoms with Gasteiger partial charge in [0.05, 0.1) is 13.2 Å². The summed E-state index contributed by atoms with van der Waals surface area (Å²) in [6.07, 6.45) is 3.63. The molecule has 2 aromatic carbocycles. The smallest absolute Gasteiger partial charge is 0.228 e. The van der Waals surface area contributed by atoms with Gasteiger partial charge in [-0.25, -0.2) is 0 Å². The molecule has 0 spiro atoms. The van der Waals surface area contributed by atoms with Crippen molar-refractivity contribution < 1.29 is 14.1 Å². The van der Waals surface area contributed by atoms with Crippen LogP contribution >= 0.6 is 0 Å². The van der Waals surface area contributed by atoms with E-state index in [2.05, 4.69) is 29.2 Å². The van der Waals surface area contributed by atoms with Gasteiger partial charge in [0.2, 0.25) is 17.6 Å². The first-order chi connectivity index (χ1) is 14.7. The summed E-state index contributed by atoms with van der Waals surface area (Å²) >= 11 is 0. The van der Waals surface area contributed by atoms with Crippen molar-refractivity contribution in [2.45, 2.75) is 38.6 Å². The molecule has 6 nitrogen and oxygen atoms in total. The van der Waals surface area contributed by atoms with Crippen molar-refractivity contribution in [2.75, 3.05) is 13.7 Å². The van der Waals surface area contributed by atoms with Gasteiger partial charge in [-0.2, -0.15) is 4.98 Å². The Morgan fingerprint density at radius 2 is 1.90 bits per heavy atom. The lowest BCUT2D eigenvalue weighted by Gasteiger charge is -2.35. The predicted molar refractivity (Wildman–Crippen MR) is 114 cm³/mol. The molecule has 1 fully saturated rings. The quantitative estimate of drug-likeness (QED) is 0.544. The Labute approximate surface area is 176 Å². The SMILES string of the molecule is COc1ccc(-c2noc(CCN(C(=O)C3CCC3)[C@@H](C)c3ccccc3)n2)cc1. The summed E-state index contributed by atoms with van der Waals surface area (Å²) in [5, 5.41) is 4.10. The second-order valence-electron chi connectivity index (χ2n) is 7.74. The van der Waals surface area contributed by atoms with Crippen molar-refractivity contribution >= 4 is 5.91 Å². The number of carbonyl (C=O) groups excluding carboxylic acids is 1. The lowest BCUT2D eigenvalue weighted by atomic mass is 9.84. The fourth-order valence-corrected chi connectivity index (χ4v) is 3.73. The molecule has 4 rings (SSSR count). The molecular weight excluding hydrogens is 378 g/mol. The maximum absolute atomic E-state index is 13.1. The highest BCUT2D eigenvalue weighted by Gasteiger charge is 2.32. The first-order valence-electron chi connectivity index (χ1n) is 10.5. The van der Waals surface area contributed by atoms with Crippen LogP contribution in [0.5, 0.6) is 5.75 Å². The fraction of sp³-hybridized carbons (Fsp3) is 0.375. The predicted octanol–water partition coefficient (Wildman–Crippen LogP) is 4.68. The summed E-state index contributed by atoms with van der Waals surface area (Å²) in [7, 11) is 1.63. The minimum absolute atomic E-state index is 0.00304. The molecule has 1 atom stereocenters. The Kier molecular flexibility index (Phi) is 6.12. The number of nitrogens with zero attached hydrogens (tertiary/aromatic N) is 3. The van der Waals surface area contributed by atoms with E-state index in [0.717, 1.165) is 36.1 Å². The molecule has 30 heavy (non-hydrogen) atoms. The largest absolute Gasteiger partial charge is 0.497 e. The number of rotatable bonds is 8. The first-order valence-corrected chi connectivity index (χ1v) is 10.5. The molecule has 0 saturated heterocycles. The average molecular weight is 405 g/mol. The van der Waals surface area contributed by atoms with E-state index in [1.54, 1.807) is 7.11 Å². The van der Waals surface area contributed by atoms with Crippen molar-refractivity contribution in [2.24, 2.45) is 5.92 Å². The van der Waals surface area contributed by atoms with Crippen LogP contribution in [0.25, 0.3) is 11.4 Å². The van der Waals surface area contributed by atoms with E-state index in [0.29, 0.717) is 24.7 Å². The number of benzene rings is 2. The standard InChI is InChI=1S/C24H27N3O3/c1-17(18-7-4-3-5-8-18)27(24(28)20-9-6-10-20)16-15-22-25-23(26-30-22)19-11-13-21(29-2)14-12-19/h3-5,7-8,11-14,17,20H,6,9-10,15-16H2,1-2H3/t17-/m0/s1. The van der Waals surface area contributed by atoms with Gasteiger partial charge in [-0.05, 0) is 49.6 Å². The van der Waals surface area contributed by atoms with Crippen LogP contribution < -0.4 is 4.74 Å². The van der Waals surface area contributed by atoms with Crippen molar-refractivity contribution in [1.82, 2.24) is 15.0 Å². The summed E-state index contributed by atoms with van der Waals surface area (Å²) < 4.78 is 10.6. The van der Waals surface area contributed by atoms with Crippen LogP contribution in [0, 0.1) is 5.92 Å². The summed E-state index contributed by atoms with van der Waals surface area (Å²) in [5.74, 6) is 2.23. The van der Waals surface area contributed by atoms with Gasteiger partial charge in [0.1, 0.15) is 5.75 Å². The van der Waals surface area contributed by atoms with E-state index in [1.807, 2.05) is 47.4 Å². The van der Waals surface area contributed by atoms with Crippen LogP contribution in [0.3, 0.4) is 0 Å². The second kappa shape index (κ2) is 9.11. The molecule has 0 radical (unpaired) electrons. The molecule has 6 heteroatoms. The maximum Gasteiger partial charge on any atom is 0.228 e. The maximum atomic E-state index is 13.1. The molecule has 1 amide bonds. The number of aromatic nitrogens is 2. The molecule has 1 aromatic heterocycles. The van der Waals surface area contributed by atoms with Crippen LogP contribution in [0.4, 0.5) is 0 Å². The van der Waals surface area contributed by atoms with Gasteiger partial charge >= 0.3 is 0 Å². The van der Waals surface area contributed by atoms with Crippen LogP contribution in [-0.4, -0.2) is 34.6 Å². The molecule has 3 aromatic rings. The molecule has 0 N–H and O–H groups in total. The van der Waals surface area contributed by atoms with Gasteiger partial charge < -0.3 is 14.2 Å². The van der Waals surface area contributed by atoms with E-state index >= 15 is 0 Å². The zero-order valence-corrected chi connectivity index (χ0v) is 17.5. The van der Waals surface area contributed by atoms with Gasteiger partial charge in [-0.15, -0.1) is 0 Å². The summed E-state index contributed by atoms with van der Waals surface area (Å²) in [6.45, 7) is 2.64. The van der Waals surface area contributed by atoms with Crippen LogP contribution in [0.1, 0.15) is 43.7 Å². The van der Waals surface area contributed by atoms with Gasteiger partial charge in [0.25, 0.3) is 0 Å². The number of methoxy groups -OCH3 is 1. The van der Waals surface area contributed by atoms with E-state index in [4.69, 9.17) is 9.26 Å². The molecular formula is C24H27N3O3. The molecule has 0 bridgehead atoms. The second-order valence-corrected chi connectivity index (χ2v) is 7.74. The van der Waals surface area contributed by atoms with Crippen LogP contribution in [0.2, 0.25) is 0 Å². The van der Waals surface area contributed by atoms with Gasteiger partial charge in [0, 0.05) is 24.4 Å². The number of ether oxygens (including phenoxy) is 1. The Bertz CT molecular complexity index is 965. The van der Waals surface area contributed by atoms with Crippen molar-refractivity contribution in [3.63, 3.8) is 0 Å². The molecule has 1 saturated carbocycles. The Hall–Kier alpha value is -3.15. The highest BCUT2D eigenvalue weighted by Crippen LogP contribution is 2.32. The number of carbonyl (C=O) groups is 1. The van der Waals surface area contributed by atoms with E-state index in [9.17, 15) is 4.79 Å². The third-order valence-electron chi connectivity index (χ3n) is 5.87.